The van der Waals surface area contributed by atoms with Crippen LogP contribution >= 0.6 is 11.3 Å². The number of hydrogen-bond donors (Lipinski definition) is 0. The molecular formula is C21H24F3N3OS. The number of rotatable bonds is 5. The number of benzene rings is 1. The lowest BCUT2D eigenvalue weighted by atomic mass is 10.0. The van der Waals surface area contributed by atoms with Gasteiger partial charge >= 0.3 is 6.18 Å². The minimum Gasteiger partial charge on any atom is -0.338 e. The highest BCUT2D eigenvalue weighted by atomic mass is 32.1. The molecule has 8 heteroatoms. The minimum absolute atomic E-state index is 0.0494. The van der Waals surface area contributed by atoms with Crippen molar-refractivity contribution in [2.75, 3.05) is 20.1 Å². The van der Waals surface area contributed by atoms with E-state index in [1.54, 1.807) is 12.3 Å². The SMILES string of the molecule is CN(Cc1cccc(C(F)(F)F)c1)C1CCN(C(=O)c2cnc(C3CC3)s2)CC1. The van der Waals surface area contributed by atoms with E-state index < -0.39 is 11.7 Å². The standard InChI is InChI=1S/C21H24F3N3OS/c1-26(13-14-3-2-4-16(11-14)21(22,23)24)17-7-9-27(10-8-17)20(28)18-12-25-19(29-18)15-5-6-15/h2-4,11-12,15,17H,5-10,13H2,1H3. The number of halogens is 3. The Balaban J connectivity index is 1.31. The number of thiazole rings is 1. The Morgan fingerprint density at radius 1 is 1.24 bits per heavy atom. The van der Waals surface area contributed by atoms with Crippen molar-refractivity contribution in [2.24, 2.45) is 0 Å². The molecule has 1 aromatic heterocycles. The van der Waals surface area contributed by atoms with Gasteiger partial charge in [0.2, 0.25) is 0 Å². The van der Waals surface area contributed by atoms with Crippen LogP contribution < -0.4 is 0 Å². The van der Waals surface area contributed by atoms with Gasteiger partial charge in [-0.15, -0.1) is 11.3 Å². The lowest BCUT2D eigenvalue weighted by molar-refractivity contribution is -0.137. The van der Waals surface area contributed by atoms with Crippen molar-refractivity contribution < 1.29 is 18.0 Å². The molecule has 2 fully saturated rings. The third kappa shape index (κ3) is 4.80. The van der Waals surface area contributed by atoms with Gasteiger partial charge in [-0.3, -0.25) is 9.69 Å². The third-order valence-electron chi connectivity index (χ3n) is 5.72. The van der Waals surface area contributed by atoms with E-state index in [9.17, 15) is 18.0 Å². The largest absolute Gasteiger partial charge is 0.416 e. The summed E-state index contributed by atoms with van der Waals surface area (Å²) in [6.07, 6.45) is 1.35. The Morgan fingerprint density at radius 3 is 2.62 bits per heavy atom. The zero-order chi connectivity index (χ0) is 20.6. The van der Waals surface area contributed by atoms with E-state index in [0.717, 1.165) is 23.9 Å². The van der Waals surface area contributed by atoms with Gasteiger partial charge in [-0.25, -0.2) is 4.98 Å². The molecule has 2 heterocycles. The summed E-state index contributed by atoms with van der Waals surface area (Å²) < 4.78 is 38.7. The van der Waals surface area contributed by atoms with E-state index in [4.69, 9.17) is 0 Å². The van der Waals surface area contributed by atoms with Gasteiger partial charge in [0.05, 0.1) is 16.8 Å². The second kappa shape index (κ2) is 8.07. The predicted octanol–water partition coefficient (Wildman–Crippen LogP) is 4.78. The highest BCUT2D eigenvalue weighted by molar-refractivity contribution is 7.13. The normalized spacial score (nSPS) is 18.4. The maximum absolute atomic E-state index is 12.9. The second-order valence-corrected chi connectivity index (χ2v) is 9.04. The van der Waals surface area contributed by atoms with Gasteiger partial charge in [0.15, 0.2) is 0 Å². The Hall–Kier alpha value is -1.93. The molecule has 2 aliphatic rings. The topological polar surface area (TPSA) is 36.4 Å². The summed E-state index contributed by atoms with van der Waals surface area (Å²) in [6, 6.07) is 5.75. The van der Waals surface area contributed by atoms with Crippen molar-refractivity contribution in [3.8, 4) is 0 Å². The van der Waals surface area contributed by atoms with Crippen molar-refractivity contribution in [1.82, 2.24) is 14.8 Å². The van der Waals surface area contributed by atoms with Crippen LogP contribution in [0.4, 0.5) is 13.2 Å². The number of piperidine rings is 1. The van der Waals surface area contributed by atoms with Crippen molar-refractivity contribution in [1.29, 1.82) is 0 Å². The fraction of sp³-hybridized carbons (Fsp3) is 0.524. The first-order valence-corrected chi connectivity index (χ1v) is 10.7. The first-order valence-electron chi connectivity index (χ1n) is 9.92. The summed E-state index contributed by atoms with van der Waals surface area (Å²) in [7, 11) is 1.94. The fourth-order valence-electron chi connectivity index (χ4n) is 3.83. The van der Waals surface area contributed by atoms with E-state index in [-0.39, 0.29) is 11.9 Å². The molecule has 0 atom stereocenters. The van der Waals surface area contributed by atoms with Crippen LogP contribution in [0.25, 0.3) is 0 Å². The fourth-order valence-corrected chi connectivity index (χ4v) is 4.89. The number of hydrogen-bond acceptors (Lipinski definition) is 4. The summed E-state index contributed by atoms with van der Waals surface area (Å²) in [5.41, 5.74) is 0.0389. The van der Waals surface area contributed by atoms with Crippen molar-refractivity contribution in [3.63, 3.8) is 0 Å². The van der Waals surface area contributed by atoms with Crippen molar-refractivity contribution in [3.05, 3.63) is 51.5 Å². The van der Waals surface area contributed by atoms with Gasteiger partial charge in [0.25, 0.3) is 5.91 Å². The number of carbonyl (C=O) groups excluding carboxylic acids is 1. The average molecular weight is 424 g/mol. The number of aromatic nitrogens is 1. The highest BCUT2D eigenvalue weighted by Gasteiger charge is 2.32. The number of nitrogens with zero attached hydrogens (tertiary/aromatic N) is 3. The van der Waals surface area contributed by atoms with Crippen LogP contribution in [0.15, 0.2) is 30.5 Å². The number of likely N-dealkylation sites (tertiary alicyclic amines) is 1. The molecule has 1 aliphatic carbocycles. The minimum atomic E-state index is -4.32. The molecule has 0 unspecified atom stereocenters. The molecule has 156 valence electrons. The molecule has 0 spiro atoms. The molecule has 1 aliphatic heterocycles. The summed E-state index contributed by atoms with van der Waals surface area (Å²) in [5, 5.41) is 1.07. The molecule has 1 saturated carbocycles. The molecule has 4 rings (SSSR count). The number of amides is 1. The van der Waals surface area contributed by atoms with E-state index in [2.05, 4.69) is 9.88 Å². The summed E-state index contributed by atoms with van der Waals surface area (Å²) in [6.45, 7) is 1.78. The highest BCUT2D eigenvalue weighted by Crippen LogP contribution is 2.42. The Kier molecular flexibility index (Phi) is 5.66. The van der Waals surface area contributed by atoms with Crippen molar-refractivity contribution >= 4 is 17.2 Å². The van der Waals surface area contributed by atoms with Crippen LogP contribution in [-0.4, -0.2) is 46.9 Å². The van der Waals surface area contributed by atoms with Gasteiger partial charge in [-0.2, -0.15) is 13.2 Å². The first kappa shape index (κ1) is 20.3. The first-order chi connectivity index (χ1) is 13.8. The molecule has 0 N–H and O–H groups in total. The lowest BCUT2D eigenvalue weighted by Crippen LogP contribution is -2.45. The zero-order valence-electron chi connectivity index (χ0n) is 16.3. The van der Waals surface area contributed by atoms with Crippen LogP contribution in [0.3, 0.4) is 0 Å². The quantitative estimate of drug-likeness (QED) is 0.695. The van der Waals surface area contributed by atoms with Gasteiger partial charge in [-0.1, -0.05) is 18.2 Å². The van der Waals surface area contributed by atoms with E-state index in [0.29, 0.717) is 36.0 Å². The Bertz CT molecular complexity index is 870. The summed E-state index contributed by atoms with van der Waals surface area (Å²) in [5.74, 6) is 0.602. The van der Waals surface area contributed by atoms with Gasteiger partial charge < -0.3 is 4.90 Å². The monoisotopic (exact) mass is 423 g/mol. The van der Waals surface area contributed by atoms with Crippen LogP contribution in [0.5, 0.6) is 0 Å². The number of carbonyl (C=O) groups is 1. The molecule has 1 aromatic carbocycles. The Morgan fingerprint density at radius 2 is 1.97 bits per heavy atom. The number of alkyl halides is 3. The van der Waals surface area contributed by atoms with E-state index in [1.165, 1.54) is 36.3 Å². The Labute approximate surface area is 172 Å². The van der Waals surface area contributed by atoms with Crippen LogP contribution in [-0.2, 0) is 12.7 Å². The maximum atomic E-state index is 12.9. The smallest absolute Gasteiger partial charge is 0.338 e. The summed E-state index contributed by atoms with van der Waals surface area (Å²) in [4.78, 5) is 21.8. The molecule has 0 radical (unpaired) electrons. The third-order valence-corrected chi connectivity index (χ3v) is 6.87. The zero-order valence-corrected chi connectivity index (χ0v) is 17.1. The van der Waals surface area contributed by atoms with E-state index in [1.807, 2.05) is 11.9 Å². The average Bonchev–Trinajstić information content (AvgIpc) is 3.44. The lowest BCUT2D eigenvalue weighted by Gasteiger charge is -2.36. The molecule has 29 heavy (non-hydrogen) atoms. The van der Waals surface area contributed by atoms with Crippen LogP contribution in [0.2, 0.25) is 0 Å². The maximum Gasteiger partial charge on any atom is 0.416 e. The molecular weight excluding hydrogens is 399 g/mol. The van der Waals surface area contributed by atoms with Gasteiger partial charge in [0, 0.05) is 31.6 Å². The molecule has 1 saturated heterocycles. The molecule has 4 nitrogen and oxygen atoms in total. The van der Waals surface area contributed by atoms with Crippen LogP contribution in [0, 0.1) is 0 Å². The van der Waals surface area contributed by atoms with E-state index >= 15 is 0 Å². The molecule has 1 amide bonds. The summed E-state index contributed by atoms with van der Waals surface area (Å²) >= 11 is 1.51. The predicted molar refractivity (Wildman–Crippen MR) is 106 cm³/mol. The van der Waals surface area contributed by atoms with Crippen LogP contribution in [0.1, 0.15) is 57.4 Å². The van der Waals surface area contributed by atoms with Crippen molar-refractivity contribution in [2.45, 2.75) is 50.4 Å². The molecule has 0 bridgehead atoms. The van der Waals surface area contributed by atoms with Gasteiger partial charge in [-0.05, 0) is 44.4 Å². The van der Waals surface area contributed by atoms with Gasteiger partial charge in [0.1, 0.15) is 4.88 Å². The second-order valence-electron chi connectivity index (χ2n) is 7.97. The molecule has 2 aromatic rings.